The van der Waals surface area contributed by atoms with Crippen molar-refractivity contribution in [1.29, 1.82) is 0 Å². The fourth-order valence-corrected chi connectivity index (χ4v) is 4.24. The van der Waals surface area contributed by atoms with Crippen molar-refractivity contribution in [2.75, 3.05) is 39.6 Å². The molecule has 10 heteroatoms. The van der Waals surface area contributed by atoms with Crippen LogP contribution in [-0.4, -0.2) is 59.9 Å². The Balaban J connectivity index is 1.25. The highest BCUT2D eigenvalue weighted by Crippen LogP contribution is 2.27. The summed E-state index contributed by atoms with van der Waals surface area (Å²) in [6.45, 7) is 3.19. The molecule has 0 aromatic heterocycles. The molecule has 2 aromatic rings. The fourth-order valence-electron chi connectivity index (χ4n) is 3.35. The molecule has 3 rings (SSSR count). The zero-order valence-corrected chi connectivity index (χ0v) is 19.8. The van der Waals surface area contributed by atoms with E-state index in [2.05, 4.69) is 5.32 Å². The number of rotatable bonds is 13. The van der Waals surface area contributed by atoms with Crippen molar-refractivity contribution in [3.63, 3.8) is 0 Å². The van der Waals surface area contributed by atoms with Gasteiger partial charge in [0.15, 0.2) is 0 Å². The Bertz CT molecular complexity index is 1070. The summed E-state index contributed by atoms with van der Waals surface area (Å²) in [5.41, 5.74) is 1.77. The van der Waals surface area contributed by atoms with Crippen molar-refractivity contribution in [2.45, 2.75) is 30.6 Å². The zero-order chi connectivity index (χ0) is 24.4. The van der Waals surface area contributed by atoms with Crippen LogP contribution >= 0.6 is 0 Å². The number of hydrogen-bond donors (Lipinski definition) is 1. The quantitative estimate of drug-likeness (QED) is 0.258. The molecule has 0 saturated carbocycles. The second-order valence-electron chi connectivity index (χ2n) is 7.74. The number of nitrogens with one attached hydrogen (secondary N) is 1. The minimum atomic E-state index is -3.79. The van der Waals surface area contributed by atoms with E-state index in [1.54, 1.807) is 24.3 Å². The van der Waals surface area contributed by atoms with E-state index in [-0.39, 0.29) is 35.8 Å². The zero-order valence-electron chi connectivity index (χ0n) is 19.0. The summed E-state index contributed by atoms with van der Waals surface area (Å²) in [5, 5.41) is 2.36. The van der Waals surface area contributed by atoms with Crippen LogP contribution in [0.3, 0.4) is 0 Å². The van der Waals surface area contributed by atoms with Crippen LogP contribution in [0.2, 0.25) is 0 Å². The summed E-state index contributed by atoms with van der Waals surface area (Å²) >= 11 is 0. The highest BCUT2D eigenvalue weighted by molar-refractivity contribution is 7.86. The highest BCUT2D eigenvalue weighted by atomic mass is 32.2. The lowest BCUT2D eigenvalue weighted by Gasteiger charge is -2.21. The van der Waals surface area contributed by atoms with Gasteiger partial charge in [-0.15, -0.1) is 0 Å². The second-order valence-corrected chi connectivity index (χ2v) is 9.35. The van der Waals surface area contributed by atoms with Gasteiger partial charge in [-0.25, -0.2) is 0 Å². The van der Waals surface area contributed by atoms with Crippen LogP contribution in [0.5, 0.6) is 5.75 Å². The van der Waals surface area contributed by atoms with Crippen LogP contribution in [0.1, 0.15) is 29.9 Å². The third-order valence-electron chi connectivity index (χ3n) is 5.14. The second kappa shape index (κ2) is 12.6. The molecule has 0 aliphatic carbocycles. The molecule has 0 spiro atoms. The molecular formula is C24H29NO8S. The van der Waals surface area contributed by atoms with Crippen LogP contribution in [0.25, 0.3) is 0 Å². The van der Waals surface area contributed by atoms with E-state index in [4.69, 9.17) is 18.4 Å². The van der Waals surface area contributed by atoms with E-state index in [1.165, 1.54) is 12.1 Å². The third kappa shape index (κ3) is 7.91. The standard InChI is InChI=1S/C24H29NO8S/c1-18-5-7-21(8-6-18)34(28,29)33-16-14-31-12-11-30-13-15-32-20-4-2-3-19(17-20)22-9-10-23(26)25-24(22)27/h2-8,17,22H,9-16H2,1H3,(H,25,26,27). The van der Waals surface area contributed by atoms with E-state index in [0.29, 0.717) is 45.0 Å². The number of amides is 2. The molecule has 1 unspecified atom stereocenters. The van der Waals surface area contributed by atoms with E-state index >= 15 is 0 Å². The summed E-state index contributed by atoms with van der Waals surface area (Å²) in [6.07, 6.45) is 0.812. The van der Waals surface area contributed by atoms with Gasteiger partial charge in [0.2, 0.25) is 11.8 Å². The minimum Gasteiger partial charge on any atom is -0.491 e. The summed E-state index contributed by atoms with van der Waals surface area (Å²) in [7, 11) is -3.79. The normalized spacial score (nSPS) is 16.3. The van der Waals surface area contributed by atoms with E-state index in [1.807, 2.05) is 19.1 Å². The van der Waals surface area contributed by atoms with Gasteiger partial charge in [0.05, 0.1) is 43.8 Å². The van der Waals surface area contributed by atoms with Crippen LogP contribution in [0.15, 0.2) is 53.4 Å². The average Bonchev–Trinajstić information content (AvgIpc) is 2.81. The van der Waals surface area contributed by atoms with Gasteiger partial charge in [-0.2, -0.15) is 8.42 Å². The highest BCUT2D eigenvalue weighted by Gasteiger charge is 2.28. The first-order valence-electron chi connectivity index (χ1n) is 11.0. The van der Waals surface area contributed by atoms with Crippen molar-refractivity contribution in [1.82, 2.24) is 5.32 Å². The topological polar surface area (TPSA) is 117 Å². The molecule has 0 radical (unpaired) electrons. The molecule has 1 saturated heterocycles. The first-order chi connectivity index (χ1) is 16.3. The summed E-state index contributed by atoms with van der Waals surface area (Å²) in [5.74, 6) is -0.260. The first kappa shape index (κ1) is 25.8. The average molecular weight is 492 g/mol. The van der Waals surface area contributed by atoms with Crippen molar-refractivity contribution >= 4 is 21.9 Å². The van der Waals surface area contributed by atoms with Crippen LogP contribution in [0.4, 0.5) is 0 Å². The Morgan fingerprint density at radius 2 is 1.59 bits per heavy atom. The lowest BCUT2D eigenvalue weighted by molar-refractivity contribution is -0.134. The van der Waals surface area contributed by atoms with Crippen LogP contribution < -0.4 is 10.1 Å². The van der Waals surface area contributed by atoms with Gasteiger partial charge < -0.3 is 14.2 Å². The maximum Gasteiger partial charge on any atom is 0.297 e. The predicted octanol–water partition coefficient (Wildman–Crippen LogP) is 2.33. The molecule has 1 N–H and O–H groups in total. The molecule has 9 nitrogen and oxygen atoms in total. The van der Waals surface area contributed by atoms with Gasteiger partial charge in [-0.3, -0.25) is 19.1 Å². The minimum absolute atomic E-state index is 0.0805. The van der Waals surface area contributed by atoms with Gasteiger partial charge in [0.25, 0.3) is 10.1 Å². The summed E-state index contributed by atoms with van der Waals surface area (Å²) in [6, 6.07) is 13.7. The number of imide groups is 1. The maximum absolute atomic E-state index is 12.1. The number of carbonyl (C=O) groups is 2. The molecule has 1 atom stereocenters. The van der Waals surface area contributed by atoms with Crippen molar-refractivity contribution in [2.24, 2.45) is 0 Å². The molecule has 1 aliphatic heterocycles. The first-order valence-corrected chi connectivity index (χ1v) is 12.4. The van der Waals surface area contributed by atoms with Crippen molar-refractivity contribution < 1.29 is 36.4 Å². The molecule has 2 amide bonds. The van der Waals surface area contributed by atoms with Gasteiger partial charge in [-0.05, 0) is 43.2 Å². The molecule has 34 heavy (non-hydrogen) atoms. The Morgan fingerprint density at radius 3 is 2.29 bits per heavy atom. The van der Waals surface area contributed by atoms with Crippen LogP contribution in [-0.2, 0) is 33.4 Å². The van der Waals surface area contributed by atoms with E-state index in [0.717, 1.165) is 11.1 Å². The third-order valence-corrected chi connectivity index (χ3v) is 6.47. The molecule has 184 valence electrons. The van der Waals surface area contributed by atoms with Gasteiger partial charge in [0.1, 0.15) is 12.4 Å². The van der Waals surface area contributed by atoms with Gasteiger partial charge in [-0.1, -0.05) is 29.8 Å². The number of aryl methyl sites for hydroxylation is 1. The monoisotopic (exact) mass is 491 g/mol. The SMILES string of the molecule is Cc1ccc(S(=O)(=O)OCCOCCOCCOc2cccc(C3CCC(=O)NC3=O)c2)cc1. The van der Waals surface area contributed by atoms with E-state index < -0.39 is 10.1 Å². The smallest absolute Gasteiger partial charge is 0.297 e. The maximum atomic E-state index is 12.1. The van der Waals surface area contributed by atoms with Crippen molar-refractivity contribution in [3.8, 4) is 5.75 Å². The lowest BCUT2D eigenvalue weighted by Crippen LogP contribution is -2.39. The summed E-state index contributed by atoms with van der Waals surface area (Å²) < 4.78 is 45.5. The fraction of sp³-hybridized carbons (Fsp3) is 0.417. The number of benzene rings is 2. The molecule has 0 bridgehead atoms. The van der Waals surface area contributed by atoms with Crippen molar-refractivity contribution in [3.05, 3.63) is 59.7 Å². The molecule has 1 fully saturated rings. The molecule has 1 aliphatic rings. The number of hydrogen-bond acceptors (Lipinski definition) is 8. The largest absolute Gasteiger partial charge is 0.491 e. The Labute approximate surface area is 199 Å². The predicted molar refractivity (Wildman–Crippen MR) is 123 cm³/mol. The Morgan fingerprint density at radius 1 is 0.912 bits per heavy atom. The van der Waals surface area contributed by atoms with Crippen LogP contribution in [0, 0.1) is 6.92 Å². The van der Waals surface area contributed by atoms with E-state index in [9.17, 15) is 18.0 Å². The molecular weight excluding hydrogens is 462 g/mol. The lowest BCUT2D eigenvalue weighted by atomic mass is 9.90. The number of carbonyl (C=O) groups excluding carboxylic acids is 2. The number of ether oxygens (including phenoxy) is 3. The Kier molecular flexibility index (Phi) is 9.58. The Hall–Kier alpha value is -2.79. The van der Waals surface area contributed by atoms with Gasteiger partial charge >= 0.3 is 0 Å². The molecule has 2 aromatic carbocycles. The summed E-state index contributed by atoms with van der Waals surface area (Å²) in [4.78, 5) is 23.5. The van der Waals surface area contributed by atoms with Gasteiger partial charge in [0, 0.05) is 6.42 Å². The molecule has 1 heterocycles. The number of piperidine rings is 1.